The van der Waals surface area contributed by atoms with Gasteiger partial charge in [0.1, 0.15) is 0 Å². The summed E-state index contributed by atoms with van der Waals surface area (Å²) in [7, 11) is 0. The molecule has 1 saturated heterocycles. The van der Waals surface area contributed by atoms with Crippen molar-refractivity contribution in [2.75, 3.05) is 24.5 Å². The third-order valence-electron chi connectivity index (χ3n) is 4.53. The van der Waals surface area contributed by atoms with Gasteiger partial charge in [-0.25, -0.2) is 0 Å². The fraction of sp³-hybridized carbons (Fsp3) is 0.467. The summed E-state index contributed by atoms with van der Waals surface area (Å²) >= 11 is 0. The van der Waals surface area contributed by atoms with E-state index in [1.807, 2.05) is 18.2 Å². The highest BCUT2D eigenvalue weighted by Crippen LogP contribution is 2.43. The minimum atomic E-state index is -0.529. The van der Waals surface area contributed by atoms with Crippen LogP contribution >= 0.6 is 0 Å². The Bertz CT molecular complexity index is 546. The quantitative estimate of drug-likeness (QED) is 0.789. The van der Waals surface area contributed by atoms with Crippen molar-refractivity contribution in [2.45, 2.75) is 24.7 Å². The van der Waals surface area contributed by atoms with Gasteiger partial charge in [0.15, 0.2) is 0 Å². The van der Waals surface area contributed by atoms with Crippen molar-refractivity contribution in [3.8, 4) is 0 Å². The van der Waals surface area contributed by atoms with Crippen molar-refractivity contribution < 1.29 is 9.59 Å². The summed E-state index contributed by atoms with van der Waals surface area (Å²) in [6.07, 6.45) is 3.40. The van der Waals surface area contributed by atoms with Crippen molar-refractivity contribution in [2.24, 2.45) is 5.73 Å². The lowest BCUT2D eigenvalue weighted by atomic mass is 9.64. The molecule has 0 bridgehead atoms. The zero-order valence-corrected chi connectivity index (χ0v) is 11.4. The predicted molar refractivity (Wildman–Crippen MR) is 76.4 cm³/mol. The maximum Gasteiger partial charge on any atom is 0.316 e. The molecule has 0 unspecified atom stereocenters. The van der Waals surface area contributed by atoms with Crippen LogP contribution in [0.3, 0.4) is 0 Å². The molecule has 2 amide bonds. The highest BCUT2D eigenvalue weighted by atomic mass is 16.2. The number of rotatable bonds is 3. The standard InChI is InChI=1S/C15H19N3O2/c16-10-15(5-2-6-15)11-3-1-4-12(9-11)18-8-7-17-13(19)14(18)20/h1,3-4,9H,2,5-8,10,16H2,(H,17,19). The number of nitrogens with one attached hydrogen (secondary N) is 1. The monoisotopic (exact) mass is 273 g/mol. The summed E-state index contributed by atoms with van der Waals surface area (Å²) in [5.41, 5.74) is 7.98. The van der Waals surface area contributed by atoms with Gasteiger partial charge >= 0.3 is 11.8 Å². The number of amides is 2. The van der Waals surface area contributed by atoms with E-state index in [2.05, 4.69) is 11.4 Å². The van der Waals surface area contributed by atoms with Gasteiger partial charge in [-0.05, 0) is 30.5 Å². The van der Waals surface area contributed by atoms with Gasteiger partial charge in [0.05, 0.1) is 0 Å². The van der Waals surface area contributed by atoms with E-state index in [0.717, 1.165) is 18.5 Å². The van der Waals surface area contributed by atoms with Crippen LogP contribution in [0.5, 0.6) is 0 Å². The SMILES string of the molecule is NCC1(c2cccc(N3CCNC(=O)C3=O)c2)CCC1. The lowest BCUT2D eigenvalue weighted by Gasteiger charge is -2.42. The zero-order chi connectivity index (χ0) is 14.2. The number of nitrogens with zero attached hydrogens (tertiary/aromatic N) is 1. The fourth-order valence-corrected chi connectivity index (χ4v) is 3.05. The molecule has 5 heteroatoms. The third-order valence-corrected chi connectivity index (χ3v) is 4.53. The number of piperazine rings is 1. The van der Waals surface area contributed by atoms with Crippen LogP contribution in [0.1, 0.15) is 24.8 Å². The van der Waals surface area contributed by atoms with Crippen LogP contribution in [-0.2, 0) is 15.0 Å². The molecule has 1 heterocycles. The number of hydrogen-bond acceptors (Lipinski definition) is 3. The van der Waals surface area contributed by atoms with Gasteiger partial charge in [-0.2, -0.15) is 0 Å². The molecule has 0 radical (unpaired) electrons. The lowest BCUT2D eigenvalue weighted by molar-refractivity contribution is -0.138. The van der Waals surface area contributed by atoms with Crippen LogP contribution in [-0.4, -0.2) is 31.4 Å². The molecule has 1 aliphatic carbocycles. The van der Waals surface area contributed by atoms with E-state index in [4.69, 9.17) is 5.73 Å². The molecule has 0 aromatic heterocycles. The van der Waals surface area contributed by atoms with E-state index in [9.17, 15) is 9.59 Å². The Morgan fingerprint density at radius 2 is 2.10 bits per heavy atom. The molecular formula is C15H19N3O2. The lowest BCUT2D eigenvalue weighted by Crippen LogP contribution is -2.52. The average molecular weight is 273 g/mol. The summed E-state index contributed by atoms with van der Waals surface area (Å²) in [6.45, 7) is 1.64. The Morgan fingerprint density at radius 1 is 1.30 bits per heavy atom. The van der Waals surface area contributed by atoms with Crippen LogP contribution in [0.25, 0.3) is 0 Å². The molecule has 3 N–H and O–H groups in total. The molecule has 0 atom stereocenters. The number of benzene rings is 1. The number of hydrogen-bond donors (Lipinski definition) is 2. The van der Waals surface area contributed by atoms with Gasteiger partial charge < -0.3 is 16.0 Å². The van der Waals surface area contributed by atoms with Crippen LogP contribution in [0.15, 0.2) is 24.3 Å². The summed E-state index contributed by atoms with van der Waals surface area (Å²) < 4.78 is 0. The smallest absolute Gasteiger partial charge is 0.316 e. The molecule has 1 aliphatic heterocycles. The Kier molecular flexibility index (Phi) is 3.22. The first kappa shape index (κ1) is 13.1. The molecule has 0 spiro atoms. The summed E-state index contributed by atoms with van der Waals surface area (Å²) in [4.78, 5) is 24.9. The first-order chi connectivity index (χ1) is 9.66. The minimum absolute atomic E-state index is 0.0666. The van der Waals surface area contributed by atoms with E-state index >= 15 is 0 Å². The molecule has 3 rings (SSSR count). The normalized spacial score (nSPS) is 21.4. The second-order valence-corrected chi connectivity index (χ2v) is 5.60. The first-order valence-electron chi connectivity index (χ1n) is 7.07. The van der Waals surface area contributed by atoms with Gasteiger partial charge in [-0.15, -0.1) is 0 Å². The molecule has 5 nitrogen and oxygen atoms in total. The van der Waals surface area contributed by atoms with Gasteiger partial charge in [0.2, 0.25) is 0 Å². The predicted octanol–water partition coefficient (Wildman–Crippen LogP) is 0.530. The largest absolute Gasteiger partial charge is 0.346 e. The average Bonchev–Trinajstić information content (AvgIpc) is 2.42. The highest BCUT2D eigenvalue weighted by molar-refractivity contribution is 6.41. The number of carbonyl (C=O) groups is 2. The van der Waals surface area contributed by atoms with Gasteiger partial charge in [-0.1, -0.05) is 18.6 Å². The van der Waals surface area contributed by atoms with E-state index in [1.165, 1.54) is 12.0 Å². The highest BCUT2D eigenvalue weighted by Gasteiger charge is 2.38. The number of nitrogens with two attached hydrogens (primary N) is 1. The fourth-order valence-electron chi connectivity index (χ4n) is 3.05. The summed E-state index contributed by atoms with van der Waals surface area (Å²) in [5.74, 6) is -1.01. The number of carbonyl (C=O) groups excluding carboxylic acids is 2. The summed E-state index contributed by atoms with van der Waals surface area (Å²) in [6, 6.07) is 7.91. The molecule has 2 fully saturated rings. The Balaban J connectivity index is 1.91. The second kappa shape index (κ2) is 4.90. The zero-order valence-electron chi connectivity index (χ0n) is 11.4. The maximum atomic E-state index is 11.9. The van der Waals surface area contributed by atoms with E-state index in [1.54, 1.807) is 4.90 Å². The topological polar surface area (TPSA) is 75.4 Å². The van der Waals surface area contributed by atoms with Crippen molar-refractivity contribution in [3.05, 3.63) is 29.8 Å². The second-order valence-electron chi connectivity index (χ2n) is 5.60. The van der Waals surface area contributed by atoms with Crippen molar-refractivity contribution in [1.82, 2.24) is 5.32 Å². The molecule has 106 valence electrons. The van der Waals surface area contributed by atoms with Gasteiger partial charge in [0, 0.05) is 30.7 Å². The van der Waals surface area contributed by atoms with Crippen LogP contribution in [0, 0.1) is 0 Å². The number of anilines is 1. The molecule has 1 aromatic carbocycles. The Hall–Kier alpha value is -1.88. The molecule has 1 aromatic rings. The maximum absolute atomic E-state index is 11.9. The minimum Gasteiger partial charge on any atom is -0.346 e. The van der Waals surface area contributed by atoms with Crippen LogP contribution < -0.4 is 16.0 Å². The van der Waals surface area contributed by atoms with Crippen molar-refractivity contribution in [1.29, 1.82) is 0 Å². The summed E-state index contributed by atoms with van der Waals surface area (Å²) in [5, 5.41) is 2.56. The Morgan fingerprint density at radius 3 is 2.75 bits per heavy atom. The molecule has 2 aliphatic rings. The molecule has 1 saturated carbocycles. The molecule has 20 heavy (non-hydrogen) atoms. The van der Waals surface area contributed by atoms with Crippen molar-refractivity contribution >= 4 is 17.5 Å². The first-order valence-corrected chi connectivity index (χ1v) is 7.07. The van der Waals surface area contributed by atoms with Gasteiger partial charge in [-0.3, -0.25) is 9.59 Å². The van der Waals surface area contributed by atoms with Gasteiger partial charge in [0.25, 0.3) is 0 Å². The Labute approximate surface area is 118 Å². The molecular weight excluding hydrogens is 254 g/mol. The van der Waals surface area contributed by atoms with Crippen molar-refractivity contribution in [3.63, 3.8) is 0 Å². The van der Waals surface area contributed by atoms with E-state index in [0.29, 0.717) is 19.6 Å². The van der Waals surface area contributed by atoms with Crippen LogP contribution in [0.2, 0.25) is 0 Å². The van der Waals surface area contributed by atoms with E-state index < -0.39 is 11.8 Å². The third kappa shape index (κ3) is 1.98. The van der Waals surface area contributed by atoms with Crippen LogP contribution in [0.4, 0.5) is 5.69 Å². The van der Waals surface area contributed by atoms with E-state index in [-0.39, 0.29) is 5.41 Å².